The lowest BCUT2D eigenvalue weighted by Crippen LogP contribution is -2.50. The van der Waals surface area contributed by atoms with E-state index in [1.807, 2.05) is 118 Å². The summed E-state index contributed by atoms with van der Waals surface area (Å²) in [6, 6.07) is -2.87. The molecule has 0 aromatic carbocycles. The van der Waals surface area contributed by atoms with Gasteiger partial charge in [0, 0.05) is 87.1 Å². The molecule has 5 rings (SSSR count). The van der Waals surface area contributed by atoms with Crippen molar-refractivity contribution in [1.29, 1.82) is 0 Å². The number of carbonyl (C=O) groups excluding carboxylic acids is 13. The quantitative estimate of drug-likeness (QED) is 0.0319. The molecule has 0 aromatic heterocycles. The molecule has 0 radical (unpaired) electrons. The van der Waals surface area contributed by atoms with Gasteiger partial charge in [-0.1, -0.05) is 89.0 Å². The Morgan fingerprint density at radius 3 is 0.803 bits per heavy atom. The second-order valence-corrected chi connectivity index (χ2v) is 39.7. The van der Waals surface area contributed by atoms with Crippen LogP contribution in [0, 0.1) is 59.2 Å². The number of aliphatic carboxylic acids is 2. The number of esters is 4. The number of carbonyl (C=O) groups is 15. The standard InChI is InChI=1S/C20H36N2O5.C18H30N2O4.C15H28N2O3.C14H22N2O4.C10H17NO4.C10H21NO2.C3H3ClO.8H2S/c1-13(2)15(17(24)26-19(3,4)5)21(9)16(23)14-10-11-22(12-14)18(25)27-20(6,7)8;1-8-14(21)20-10-9-13(11-20)16(22)19(7)15(12(2)3)17(23)24-18(4,5)6;1-10(2)12(14(19)20-15(3,4)5)17(6)13(18)11-7-8-16-9-11;1-5-11(17)16-7-6-10(8-16)13(18)15(4)12(9(2)3)14(19)20;1-10(2,3)15-9(14)11-5-4-7(6-11)8(12)13;1-7(2)8(11-6)9(12)13-10(3,4)5;1-2-3(4)5;;;;;;;;/h13-15H,10-12H2,1-9H3;8,12-13,15H,1,9-11H2,2-7H3;10-12,16H,7-9H2,1-6H3;5,9-10,12H,1,6-8H2,2-4H3,(H,19,20);7H,4-6H2,1-3H3,(H,12,13);7-8,11H,1-6H3;2H,1H2;8*1H2/t14-,15-;13-,15-;11-,12-;10-,12-;7-;8-;;;;;;;;;/m000000........./s1. The first kappa shape index (κ1) is 146. The highest BCUT2D eigenvalue weighted by Crippen LogP contribution is 2.29. The van der Waals surface area contributed by atoms with Gasteiger partial charge in [-0.15, -0.1) is 0 Å². The van der Waals surface area contributed by atoms with Crippen LogP contribution in [-0.4, -0.2) is 303 Å². The Hall–Kier alpha value is -5.92. The topological polar surface area (TPSA) is 402 Å². The highest BCUT2D eigenvalue weighted by molar-refractivity contribution is 7.60. The molecule has 33 nitrogen and oxygen atoms in total. The van der Waals surface area contributed by atoms with Gasteiger partial charge in [-0.25, -0.2) is 28.8 Å². The van der Waals surface area contributed by atoms with E-state index in [2.05, 4.69) is 30.4 Å². The summed E-state index contributed by atoms with van der Waals surface area (Å²) in [5, 5.41) is 23.6. The van der Waals surface area contributed by atoms with Crippen LogP contribution in [0.1, 0.15) is 226 Å². The van der Waals surface area contributed by atoms with Crippen molar-refractivity contribution in [2.24, 2.45) is 59.2 Å². The molecule has 0 bridgehead atoms. The van der Waals surface area contributed by atoms with Gasteiger partial charge >= 0.3 is 48.0 Å². The zero-order valence-corrected chi connectivity index (χ0v) is 93.8. The fourth-order valence-electron chi connectivity index (χ4n) is 13.8. The van der Waals surface area contributed by atoms with Crippen LogP contribution in [0.25, 0.3) is 0 Å². The Morgan fingerprint density at radius 2 is 0.598 bits per heavy atom. The fraction of sp³-hybridized carbons (Fsp3) is 0.767. The Kier molecular flexibility index (Phi) is 73.8. The number of hydrogen-bond donors (Lipinski definition) is 4. The third-order valence-corrected chi connectivity index (χ3v) is 19.6. The van der Waals surface area contributed by atoms with E-state index in [4.69, 9.17) is 45.1 Å². The molecule has 5 fully saturated rings. The summed E-state index contributed by atoms with van der Waals surface area (Å²) in [5.74, 6) is -5.47. The van der Waals surface area contributed by atoms with Gasteiger partial charge in [-0.05, 0) is 230 Å². The first-order chi connectivity index (χ1) is 56.4. The largest absolute Gasteiger partial charge is 0.481 e. The van der Waals surface area contributed by atoms with Gasteiger partial charge in [0.1, 0.15) is 63.8 Å². The molecule has 5 aliphatic rings. The molecule has 0 unspecified atom stereocenters. The van der Waals surface area contributed by atoms with Gasteiger partial charge < -0.3 is 88.5 Å². The van der Waals surface area contributed by atoms with Crippen molar-refractivity contribution in [2.75, 3.05) is 101 Å². The van der Waals surface area contributed by atoms with Gasteiger partial charge in [0.05, 0.1) is 29.6 Å². The maximum atomic E-state index is 13.0. The summed E-state index contributed by atoms with van der Waals surface area (Å²) in [4.78, 5) is 190. The first-order valence-corrected chi connectivity index (χ1v) is 43.2. The van der Waals surface area contributed by atoms with Gasteiger partial charge in [-0.3, -0.25) is 43.2 Å². The minimum absolute atomic E-state index is 0. The summed E-state index contributed by atoms with van der Waals surface area (Å²) in [7, 11) is 8.25. The number of ether oxygens (including phenoxy) is 6. The van der Waals surface area contributed by atoms with E-state index in [0.29, 0.717) is 78.0 Å². The predicted octanol–water partition coefficient (Wildman–Crippen LogP) is 11.7. The number of likely N-dealkylation sites (tertiary alicyclic amines) is 4. The fourth-order valence-corrected chi connectivity index (χ4v) is 13.8. The number of allylic oxidation sites excluding steroid dienone is 1. The number of carboxylic acids is 2. The normalized spacial score (nSPS) is 17.6. The number of likely N-dealkylation sites (N-methyl/N-ethyl adjacent to an activating group) is 5. The molecule has 0 spiro atoms. The van der Waals surface area contributed by atoms with Crippen LogP contribution in [-0.2, 0) is 90.8 Å². The van der Waals surface area contributed by atoms with Crippen LogP contribution >= 0.6 is 120 Å². The van der Waals surface area contributed by atoms with E-state index >= 15 is 0 Å². The molecule has 0 saturated carbocycles. The van der Waals surface area contributed by atoms with Crippen molar-refractivity contribution < 1.29 is 111 Å². The average Bonchev–Trinajstić information content (AvgIpc) is 1.58. The SMILES string of the molecule is C=CC(=O)Cl.C=CC(=O)N1CC[C@H](C(=O)N(C)[C@H](C(=O)O)C(C)C)C1.C=CC(=O)N1CC[C@H](C(=O)N(C)[C@H](C(=O)OC(C)(C)C)C(C)C)C1.CC(C)(C)OC(=O)N1CC[C@H](C(=O)O)C1.CC(C)[C@@H](C(=O)OC(C)(C)C)N(C)C(=O)[C@H]1CCN(C(=O)OC(C)(C)C)C1.CC(C)[C@@H](C(=O)OC(C)(C)C)N(C)C(=O)[C@H]1CCNC1.CN[C@H](C(=O)OC(C)(C)C)C(C)C.S.S.S.S.S.S.S.S. The molecular formula is C90H173ClN10O23S8. The van der Waals surface area contributed by atoms with E-state index < -0.39 is 105 Å². The maximum absolute atomic E-state index is 13.0. The zero-order valence-electron chi connectivity index (χ0n) is 85.0. The number of carboxylic acid groups (broad SMARTS) is 2. The van der Waals surface area contributed by atoms with Crippen molar-refractivity contribution in [2.45, 2.75) is 290 Å². The molecule has 10 atom stereocenters. The molecule has 0 aromatic rings. The summed E-state index contributed by atoms with van der Waals surface area (Å²) in [6.45, 7) is 66.5. The van der Waals surface area contributed by atoms with Gasteiger partial charge in [0.2, 0.25) is 40.7 Å². The lowest BCUT2D eigenvalue weighted by molar-refractivity contribution is -0.167. The molecule has 4 N–H and O–H groups in total. The van der Waals surface area contributed by atoms with Crippen LogP contribution < -0.4 is 10.6 Å². The van der Waals surface area contributed by atoms with Crippen molar-refractivity contribution in [3.8, 4) is 0 Å². The Bertz CT molecular complexity index is 3600. The number of amides is 8. The minimum Gasteiger partial charge on any atom is -0.481 e. The molecule has 776 valence electrons. The molecule has 132 heavy (non-hydrogen) atoms. The molecule has 42 heteroatoms. The molecule has 5 heterocycles. The first-order valence-electron chi connectivity index (χ1n) is 42.8. The van der Waals surface area contributed by atoms with Crippen molar-refractivity contribution in [1.82, 2.24) is 49.8 Å². The third kappa shape index (κ3) is 56.1. The van der Waals surface area contributed by atoms with E-state index in [-0.39, 0.29) is 221 Å². The van der Waals surface area contributed by atoms with Gasteiger partial charge in [0.25, 0.3) is 0 Å². The second-order valence-electron chi connectivity index (χ2n) is 39.3. The monoisotopic (exact) mass is 2050 g/mol. The number of nitrogens with one attached hydrogen (secondary N) is 2. The minimum atomic E-state index is -1.01. The predicted molar refractivity (Wildman–Crippen MR) is 559 cm³/mol. The zero-order chi connectivity index (χ0) is 97.3. The lowest BCUT2D eigenvalue weighted by Gasteiger charge is -2.33. The van der Waals surface area contributed by atoms with Crippen LogP contribution in [0.2, 0.25) is 0 Å². The van der Waals surface area contributed by atoms with E-state index in [1.54, 1.807) is 124 Å². The Morgan fingerprint density at radius 1 is 0.364 bits per heavy atom. The maximum Gasteiger partial charge on any atom is 0.410 e. The summed E-state index contributed by atoms with van der Waals surface area (Å²) < 4.78 is 32.2. The van der Waals surface area contributed by atoms with Crippen LogP contribution in [0.3, 0.4) is 0 Å². The lowest BCUT2D eigenvalue weighted by atomic mass is 9.99. The van der Waals surface area contributed by atoms with Crippen LogP contribution in [0.5, 0.6) is 0 Å². The number of halogens is 1. The Labute approximate surface area is 850 Å². The average molecular weight is 2060 g/mol. The molecule has 5 aliphatic heterocycles. The highest BCUT2D eigenvalue weighted by atomic mass is 35.5. The van der Waals surface area contributed by atoms with E-state index in [1.165, 1.54) is 38.8 Å². The molecule has 8 amide bonds. The Balaban J connectivity index is -0.000000167. The number of rotatable bonds is 23. The smallest absolute Gasteiger partial charge is 0.410 e. The van der Waals surface area contributed by atoms with Crippen molar-refractivity contribution >= 4 is 208 Å². The molecular weight excluding hydrogens is 1880 g/mol. The molecule has 5 saturated heterocycles. The van der Waals surface area contributed by atoms with Crippen molar-refractivity contribution in [3.63, 3.8) is 0 Å². The molecule has 0 aliphatic carbocycles. The van der Waals surface area contributed by atoms with Crippen LogP contribution in [0.15, 0.2) is 38.0 Å². The summed E-state index contributed by atoms with van der Waals surface area (Å²) >= 11 is 4.71. The number of hydrogen-bond acceptors (Lipinski definition) is 23. The third-order valence-electron chi connectivity index (χ3n) is 19.4. The highest BCUT2D eigenvalue weighted by Gasteiger charge is 2.44. The van der Waals surface area contributed by atoms with Crippen LogP contribution in [0.4, 0.5) is 9.59 Å². The van der Waals surface area contributed by atoms with Gasteiger partial charge in [-0.2, -0.15) is 108 Å². The van der Waals surface area contributed by atoms with Gasteiger partial charge in [0.15, 0.2) is 0 Å². The number of nitrogens with zero attached hydrogens (tertiary/aromatic N) is 8. The summed E-state index contributed by atoms with van der Waals surface area (Å²) in [6.07, 6.45) is 5.76. The second kappa shape index (κ2) is 66.6. The van der Waals surface area contributed by atoms with E-state index in [9.17, 15) is 77.0 Å². The van der Waals surface area contributed by atoms with E-state index in [0.717, 1.165) is 19.0 Å². The summed E-state index contributed by atoms with van der Waals surface area (Å²) in [5.41, 5.74) is -3.26. The van der Waals surface area contributed by atoms with Crippen molar-refractivity contribution in [3.05, 3.63) is 38.0 Å².